The Kier molecular flexibility index (Phi) is 6.62. The molecule has 0 radical (unpaired) electrons. The average molecular weight is 479 g/mol. The number of rotatable bonds is 6. The molecule has 2 aromatic carbocycles. The van der Waals surface area contributed by atoms with Crippen LogP contribution in [0.1, 0.15) is 59.0 Å². The topological polar surface area (TPSA) is 77.4 Å². The van der Waals surface area contributed by atoms with Gasteiger partial charge in [-0.05, 0) is 54.7 Å². The van der Waals surface area contributed by atoms with Gasteiger partial charge in [-0.3, -0.25) is 19.0 Å². The van der Waals surface area contributed by atoms with Crippen molar-refractivity contribution in [1.29, 1.82) is 0 Å². The number of pyridine rings is 1. The van der Waals surface area contributed by atoms with Crippen molar-refractivity contribution >= 4 is 23.3 Å². The number of Topliss-reactive ketones (excluding diaryl/α,β-unsaturated/α-hetero) is 1. The third-order valence-electron chi connectivity index (χ3n) is 5.96. The van der Waals surface area contributed by atoms with E-state index in [2.05, 4.69) is 5.32 Å². The van der Waals surface area contributed by atoms with E-state index in [1.807, 2.05) is 45.0 Å². The zero-order chi connectivity index (χ0) is 24.5. The molecule has 1 amide bonds. The summed E-state index contributed by atoms with van der Waals surface area (Å²) >= 11 is 6.01. The summed E-state index contributed by atoms with van der Waals surface area (Å²) in [4.78, 5) is 40.1. The lowest BCUT2D eigenvalue weighted by Crippen LogP contribution is -2.38. The van der Waals surface area contributed by atoms with Crippen LogP contribution in [0, 0.1) is 5.41 Å². The molecule has 1 aliphatic rings. The van der Waals surface area contributed by atoms with Gasteiger partial charge in [0.2, 0.25) is 0 Å². The smallest absolute Gasteiger partial charge is 0.268 e. The number of ether oxygens (including phenoxy) is 1. The van der Waals surface area contributed by atoms with Gasteiger partial charge in [0.05, 0.1) is 6.61 Å². The van der Waals surface area contributed by atoms with E-state index in [4.69, 9.17) is 16.3 Å². The third kappa shape index (κ3) is 4.77. The molecule has 34 heavy (non-hydrogen) atoms. The fourth-order valence-electron chi connectivity index (χ4n) is 4.38. The van der Waals surface area contributed by atoms with Gasteiger partial charge in [-0.25, -0.2) is 0 Å². The number of halogens is 1. The zero-order valence-corrected chi connectivity index (χ0v) is 20.2. The van der Waals surface area contributed by atoms with Gasteiger partial charge < -0.3 is 10.1 Å². The van der Waals surface area contributed by atoms with Crippen molar-refractivity contribution in [2.45, 2.75) is 40.2 Å². The molecule has 0 spiro atoms. The lowest BCUT2D eigenvalue weighted by atomic mass is 9.73. The van der Waals surface area contributed by atoms with Crippen LogP contribution in [-0.2, 0) is 13.0 Å². The number of hydrogen-bond donors (Lipinski definition) is 1. The number of ketones is 1. The van der Waals surface area contributed by atoms with Crippen molar-refractivity contribution in [3.8, 4) is 11.4 Å². The van der Waals surface area contributed by atoms with Gasteiger partial charge in [0.1, 0.15) is 11.3 Å². The highest BCUT2D eigenvalue weighted by molar-refractivity contribution is 6.30. The highest BCUT2D eigenvalue weighted by atomic mass is 35.5. The first-order chi connectivity index (χ1) is 16.2. The molecule has 0 atom stereocenters. The molecule has 3 aromatic rings. The lowest BCUT2D eigenvalue weighted by molar-refractivity contribution is 0.0909. The summed E-state index contributed by atoms with van der Waals surface area (Å²) in [6, 6.07) is 14.1. The minimum atomic E-state index is -0.513. The molecule has 7 heteroatoms. The van der Waals surface area contributed by atoms with Crippen LogP contribution in [0.2, 0.25) is 5.02 Å². The van der Waals surface area contributed by atoms with Gasteiger partial charge in [0, 0.05) is 41.0 Å². The summed E-state index contributed by atoms with van der Waals surface area (Å²) in [6.45, 7) is 6.53. The molecule has 1 N–H and O–H groups in total. The Balaban J connectivity index is 1.79. The normalized spacial score (nSPS) is 14.4. The van der Waals surface area contributed by atoms with Gasteiger partial charge in [-0.1, -0.05) is 43.6 Å². The van der Waals surface area contributed by atoms with Gasteiger partial charge in [0.15, 0.2) is 5.78 Å². The molecule has 0 aliphatic heterocycles. The number of nitrogens with zero attached hydrogens (tertiary/aromatic N) is 1. The number of carbonyl (C=O) groups is 2. The monoisotopic (exact) mass is 478 g/mol. The van der Waals surface area contributed by atoms with E-state index in [0.29, 0.717) is 47.0 Å². The summed E-state index contributed by atoms with van der Waals surface area (Å²) in [6.07, 6.45) is 2.37. The Bertz CT molecular complexity index is 1310. The van der Waals surface area contributed by atoms with Crippen LogP contribution >= 0.6 is 11.6 Å². The third-order valence-corrected chi connectivity index (χ3v) is 6.21. The standard InChI is InChI=1S/C27H27ClN2O4/c1-4-34-23-8-6-5-7-17(23)15-29-25(32)24-20-13-27(2,3)14-22(31)21(20)16-30(26(24)33)19-11-9-18(28)10-12-19/h5-12,16H,4,13-15H2,1-3H3,(H,29,32). The van der Waals surface area contributed by atoms with Crippen molar-refractivity contribution in [2.75, 3.05) is 6.61 Å². The predicted molar refractivity (Wildman–Crippen MR) is 132 cm³/mol. The van der Waals surface area contributed by atoms with Gasteiger partial charge >= 0.3 is 0 Å². The van der Waals surface area contributed by atoms with Crippen molar-refractivity contribution < 1.29 is 14.3 Å². The zero-order valence-electron chi connectivity index (χ0n) is 19.5. The molecular weight excluding hydrogens is 452 g/mol. The van der Waals surface area contributed by atoms with Crippen molar-refractivity contribution in [3.63, 3.8) is 0 Å². The fourth-order valence-corrected chi connectivity index (χ4v) is 4.51. The second kappa shape index (κ2) is 9.47. The number of nitrogens with one attached hydrogen (secondary N) is 1. The lowest BCUT2D eigenvalue weighted by Gasteiger charge is -2.31. The first kappa shape index (κ1) is 23.8. The Morgan fingerprint density at radius 3 is 2.50 bits per heavy atom. The molecular formula is C27H27ClN2O4. The van der Waals surface area contributed by atoms with Crippen LogP contribution < -0.4 is 15.6 Å². The van der Waals surface area contributed by atoms with E-state index in [1.54, 1.807) is 30.5 Å². The molecule has 0 bridgehead atoms. The number of aromatic nitrogens is 1. The van der Waals surface area contributed by atoms with E-state index in [-0.39, 0.29) is 23.3 Å². The number of fused-ring (bicyclic) bond motifs is 1. The highest BCUT2D eigenvalue weighted by Gasteiger charge is 2.36. The molecule has 0 fully saturated rings. The molecule has 1 aromatic heterocycles. The molecule has 0 saturated heterocycles. The van der Waals surface area contributed by atoms with Crippen molar-refractivity contribution in [3.05, 3.63) is 92.4 Å². The largest absolute Gasteiger partial charge is 0.494 e. The van der Waals surface area contributed by atoms with E-state index in [9.17, 15) is 14.4 Å². The summed E-state index contributed by atoms with van der Waals surface area (Å²) < 4.78 is 7.00. The first-order valence-corrected chi connectivity index (χ1v) is 11.6. The minimum Gasteiger partial charge on any atom is -0.494 e. The molecule has 1 aliphatic carbocycles. The van der Waals surface area contributed by atoms with Crippen LogP contribution in [0.3, 0.4) is 0 Å². The Labute approximate surface area is 203 Å². The Morgan fingerprint density at radius 1 is 1.09 bits per heavy atom. The maximum atomic E-state index is 13.6. The Morgan fingerprint density at radius 2 is 1.79 bits per heavy atom. The molecule has 4 rings (SSSR count). The number of amides is 1. The molecule has 6 nitrogen and oxygen atoms in total. The van der Waals surface area contributed by atoms with Gasteiger partial charge in [0.25, 0.3) is 11.5 Å². The SMILES string of the molecule is CCOc1ccccc1CNC(=O)c1c2c(cn(-c3ccc(Cl)cc3)c1=O)C(=O)CC(C)(C)C2. The maximum absolute atomic E-state index is 13.6. The summed E-state index contributed by atoms with van der Waals surface area (Å²) in [5.41, 5.74) is 1.44. The van der Waals surface area contributed by atoms with E-state index < -0.39 is 11.5 Å². The van der Waals surface area contributed by atoms with Crippen LogP contribution in [0.15, 0.2) is 59.5 Å². The van der Waals surface area contributed by atoms with E-state index >= 15 is 0 Å². The molecule has 176 valence electrons. The van der Waals surface area contributed by atoms with E-state index in [1.165, 1.54) is 4.57 Å². The van der Waals surface area contributed by atoms with E-state index in [0.717, 1.165) is 5.56 Å². The van der Waals surface area contributed by atoms with Gasteiger partial charge in [-0.2, -0.15) is 0 Å². The van der Waals surface area contributed by atoms with Crippen LogP contribution in [0.4, 0.5) is 0 Å². The van der Waals surface area contributed by atoms with Crippen LogP contribution in [0.25, 0.3) is 5.69 Å². The summed E-state index contributed by atoms with van der Waals surface area (Å²) in [5.74, 6) is 0.0846. The number of hydrogen-bond acceptors (Lipinski definition) is 4. The molecule has 1 heterocycles. The Hall–Kier alpha value is -3.38. The first-order valence-electron chi connectivity index (χ1n) is 11.3. The van der Waals surface area contributed by atoms with Crippen molar-refractivity contribution in [2.24, 2.45) is 5.41 Å². The van der Waals surface area contributed by atoms with Crippen LogP contribution in [-0.4, -0.2) is 22.9 Å². The van der Waals surface area contributed by atoms with Gasteiger partial charge in [-0.15, -0.1) is 0 Å². The highest BCUT2D eigenvalue weighted by Crippen LogP contribution is 2.36. The number of benzene rings is 2. The number of para-hydroxylation sites is 1. The molecule has 0 saturated carbocycles. The van der Waals surface area contributed by atoms with Crippen LogP contribution in [0.5, 0.6) is 5.75 Å². The predicted octanol–water partition coefficient (Wildman–Crippen LogP) is 4.97. The second-order valence-corrected chi connectivity index (χ2v) is 9.65. The second-order valence-electron chi connectivity index (χ2n) is 9.21. The molecule has 0 unspecified atom stereocenters. The summed E-state index contributed by atoms with van der Waals surface area (Å²) in [7, 11) is 0. The summed E-state index contributed by atoms with van der Waals surface area (Å²) in [5, 5.41) is 3.40. The average Bonchev–Trinajstić information content (AvgIpc) is 2.78. The van der Waals surface area contributed by atoms with Crippen molar-refractivity contribution in [1.82, 2.24) is 9.88 Å². The quantitative estimate of drug-likeness (QED) is 0.542. The minimum absolute atomic E-state index is 0.00228. The fraction of sp³-hybridized carbons (Fsp3) is 0.296. The number of carbonyl (C=O) groups excluding carboxylic acids is 2. The maximum Gasteiger partial charge on any atom is 0.268 e.